The van der Waals surface area contributed by atoms with Gasteiger partial charge in [0.15, 0.2) is 0 Å². The maximum atomic E-state index is 13.7. The summed E-state index contributed by atoms with van der Waals surface area (Å²) in [7, 11) is -4.23. The molecule has 0 radical (unpaired) electrons. The Morgan fingerprint density at radius 1 is 0.862 bits per heavy atom. The van der Waals surface area contributed by atoms with Crippen molar-refractivity contribution < 1.29 is 29.3 Å². The summed E-state index contributed by atoms with van der Waals surface area (Å²) in [5.41, 5.74) is -0.869. The number of carbonyl (C=O) groups is 2. The number of hydrogen-bond acceptors (Lipinski definition) is 3. The summed E-state index contributed by atoms with van der Waals surface area (Å²) in [6, 6.07) is 20.5. The maximum absolute atomic E-state index is 13.7. The molecule has 0 aromatic heterocycles. The molecule has 3 aromatic rings. The van der Waals surface area contributed by atoms with Crippen LogP contribution in [-0.4, -0.2) is 27.0 Å². The van der Waals surface area contributed by atoms with Gasteiger partial charge in [-0.1, -0.05) is 60.7 Å². The number of hydrogen-bond donors (Lipinski definition) is 3. The lowest BCUT2D eigenvalue weighted by atomic mass is 9.94. The van der Waals surface area contributed by atoms with Crippen LogP contribution in [0.15, 0.2) is 72.8 Å². The van der Waals surface area contributed by atoms with Crippen molar-refractivity contribution in [1.82, 2.24) is 0 Å². The second-order valence-electron chi connectivity index (χ2n) is 6.89. The first-order chi connectivity index (χ1) is 13.8. The Labute approximate surface area is 167 Å². The van der Waals surface area contributed by atoms with Gasteiger partial charge in [-0.3, -0.25) is 14.2 Å². The molecule has 6 nitrogen and oxygen atoms in total. The van der Waals surface area contributed by atoms with Crippen molar-refractivity contribution in [3.63, 3.8) is 0 Å². The summed E-state index contributed by atoms with van der Waals surface area (Å²) in [6.45, 7) is 0. The highest BCUT2D eigenvalue weighted by Gasteiger charge is 2.43. The number of carboxylic acids is 2. The van der Waals surface area contributed by atoms with Gasteiger partial charge in [0.25, 0.3) is 0 Å². The molecule has 0 fully saturated rings. The molecule has 0 aliphatic heterocycles. The van der Waals surface area contributed by atoms with E-state index in [4.69, 9.17) is 5.11 Å². The summed E-state index contributed by atoms with van der Waals surface area (Å²) < 4.78 is 13.7. The molecule has 0 bridgehead atoms. The van der Waals surface area contributed by atoms with Gasteiger partial charge in [-0.05, 0) is 34.9 Å². The van der Waals surface area contributed by atoms with Crippen LogP contribution in [0.4, 0.5) is 0 Å². The molecule has 0 saturated heterocycles. The fourth-order valence-corrected chi connectivity index (χ4v) is 5.83. The van der Waals surface area contributed by atoms with E-state index in [0.29, 0.717) is 5.56 Å². The van der Waals surface area contributed by atoms with Crippen molar-refractivity contribution in [2.24, 2.45) is 5.92 Å². The van der Waals surface area contributed by atoms with Gasteiger partial charge < -0.3 is 15.1 Å². The maximum Gasteiger partial charge on any atom is 0.307 e. The molecule has 3 N–H and O–H groups in total. The van der Waals surface area contributed by atoms with Gasteiger partial charge in [0, 0.05) is 11.7 Å². The standard InChI is InChI=1S/C22H21O6P/c23-20(24)13-12-19(22(25)26)21(16-7-2-1-3-8-16)29(27,28)18-11-10-15-6-4-5-9-17(15)14-18/h1-11,14,19,21H,12-13H2,(H,23,24)(H,25,26)(H,27,28). The van der Waals surface area contributed by atoms with Crippen molar-refractivity contribution >= 4 is 35.4 Å². The second kappa shape index (κ2) is 8.60. The molecule has 3 rings (SSSR count). The fourth-order valence-electron chi connectivity index (χ4n) is 3.56. The van der Waals surface area contributed by atoms with Crippen LogP contribution in [0.2, 0.25) is 0 Å². The lowest BCUT2D eigenvalue weighted by Crippen LogP contribution is -2.26. The Morgan fingerprint density at radius 2 is 1.48 bits per heavy atom. The molecule has 29 heavy (non-hydrogen) atoms. The Kier molecular flexibility index (Phi) is 6.16. The first-order valence-corrected chi connectivity index (χ1v) is 10.8. The van der Waals surface area contributed by atoms with Crippen molar-refractivity contribution in [3.8, 4) is 0 Å². The van der Waals surface area contributed by atoms with Gasteiger partial charge in [-0.15, -0.1) is 0 Å². The Bertz CT molecular complexity index is 1080. The molecule has 0 spiro atoms. The zero-order valence-electron chi connectivity index (χ0n) is 15.5. The second-order valence-corrected chi connectivity index (χ2v) is 9.21. The van der Waals surface area contributed by atoms with E-state index in [1.165, 1.54) is 6.07 Å². The molecular weight excluding hydrogens is 391 g/mol. The van der Waals surface area contributed by atoms with Gasteiger partial charge in [0.2, 0.25) is 7.37 Å². The minimum Gasteiger partial charge on any atom is -0.481 e. The monoisotopic (exact) mass is 412 g/mol. The van der Waals surface area contributed by atoms with Crippen molar-refractivity contribution in [1.29, 1.82) is 0 Å². The van der Waals surface area contributed by atoms with Crippen LogP contribution in [0.3, 0.4) is 0 Å². The lowest BCUT2D eigenvalue weighted by Gasteiger charge is -2.29. The average Bonchev–Trinajstić information content (AvgIpc) is 2.70. The van der Waals surface area contributed by atoms with E-state index in [2.05, 4.69) is 0 Å². The predicted molar refractivity (Wildman–Crippen MR) is 111 cm³/mol. The van der Waals surface area contributed by atoms with Crippen LogP contribution in [0, 0.1) is 5.92 Å². The summed E-state index contributed by atoms with van der Waals surface area (Å²) >= 11 is 0. The van der Waals surface area contributed by atoms with Crippen LogP contribution >= 0.6 is 7.37 Å². The molecule has 3 atom stereocenters. The minimum absolute atomic E-state index is 0.145. The Hall–Kier alpha value is -2.95. The zero-order valence-corrected chi connectivity index (χ0v) is 16.4. The van der Waals surface area contributed by atoms with E-state index in [-0.39, 0.29) is 11.7 Å². The largest absolute Gasteiger partial charge is 0.481 e. The highest BCUT2D eigenvalue weighted by molar-refractivity contribution is 7.66. The van der Waals surface area contributed by atoms with Crippen molar-refractivity contribution in [2.45, 2.75) is 18.5 Å². The van der Waals surface area contributed by atoms with Gasteiger partial charge in [0.05, 0.1) is 11.6 Å². The minimum atomic E-state index is -4.23. The molecule has 3 aromatic carbocycles. The third-order valence-corrected chi connectivity index (χ3v) is 7.42. The Morgan fingerprint density at radius 3 is 2.10 bits per heavy atom. The third-order valence-electron chi connectivity index (χ3n) is 4.99. The summed E-state index contributed by atoms with van der Waals surface area (Å²) in [6.07, 6.45) is -0.652. The van der Waals surface area contributed by atoms with Gasteiger partial charge in [0.1, 0.15) is 0 Å². The highest BCUT2D eigenvalue weighted by atomic mass is 31.2. The molecular formula is C22H21O6P. The van der Waals surface area contributed by atoms with Crippen molar-refractivity contribution in [3.05, 3.63) is 78.4 Å². The van der Waals surface area contributed by atoms with E-state index in [1.54, 1.807) is 42.5 Å². The summed E-state index contributed by atoms with van der Waals surface area (Å²) in [4.78, 5) is 34.2. The molecule has 0 saturated carbocycles. The number of fused-ring (bicyclic) bond motifs is 1. The summed E-state index contributed by atoms with van der Waals surface area (Å²) in [5, 5.41) is 20.6. The molecule has 150 valence electrons. The first-order valence-electron chi connectivity index (χ1n) is 9.12. The van der Waals surface area contributed by atoms with E-state index in [9.17, 15) is 24.2 Å². The van der Waals surface area contributed by atoms with Crippen LogP contribution in [-0.2, 0) is 14.2 Å². The predicted octanol–water partition coefficient (Wildman–Crippen LogP) is 4.04. The third kappa shape index (κ3) is 4.56. The molecule has 0 heterocycles. The van der Waals surface area contributed by atoms with E-state index < -0.39 is 37.3 Å². The van der Waals surface area contributed by atoms with Crippen molar-refractivity contribution in [2.75, 3.05) is 0 Å². The number of rotatable bonds is 8. The topological polar surface area (TPSA) is 112 Å². The normalized spacial score (nSPS) is 15.3. The quantitative estimate of drug-likeness (QED) is 0.482. The Balaban J connectivity index is 2.13. The molecule has 0 aliphatic rings. The first kappa shape index (κ1) is 20.8. The highest BCUT2D eigenvalue weighted by Crippen LogP contribution is 2.59. The van der Waals surface area contributed by atoms with E-state index in [0.717, 1.165) is 10.8 Å². The van der Waals surface area contributed by atoms with E-state index >= 15 is 0 Å². The molecule has 0 amide bonds. The van der Waals surface area contributed by atoms with Gasteiger partial charge in [-0.25, -0.2) is 0 Å². The van der Waals surface area contributed by atoms with Crippen LogP contribution in [0.5, 0.6) is 0 Å². The zero-order chi connectivity index (χ0) is 21.0. The van der Waals surface area contributed by atoms with Crippen LogP contribution in [0.25, 0.3) is 10.8 Å². The number of aliphatic carboxylic acids is 2. The fraction of sp³-hybridized carbons (Fsp3) is 0.182. The lowest BCUT2D eigenvalue weighted by molar-refractivity contribution is -0.143. The summed E-state index contributed by atoms with van der Waals surface area (Å²) in [5.74, 6) is -3.77. The van der Waals surface area contributed by atoms with Gasteiger partial charge >= 0.3 is 11.9 Å². The van der Waals surface area contributed by atoms with Gasteiger partial charge in [-0.2, -0.15) is 0 Å². The molecule has 3 unspecified atom stereocenters. The smallest absolute Gasteiger partial charge is 0.307 e. The SMILES string of the molecule is O=C(O)CCC(C(=O)O)C(c1ccccc1)P(=O)(O)c1ccc2ccccc2c1. The molecule has 0 aliphatic carbocycles. The number of benzene rings is 3. The van der Waals surface area contributed by atoms with Crippen LogP contribution in [0.1, 0.15) is 24.1 Å². The number of carboxylic acid groups (broad SMARTS) is 2. The van der Waals surface area contributed by atoms with Crippen LogP contribution < -0.4 is 5.30 Å². The molecule has 7 heteroatoms. The average molecular weight is 412 g/mol. The van der Waals surface area contributed by atoms with E-state index in [1.807, 2.05) is 24.3 Å².